The summed E-state index contributed by atoms with van der Waals surface area (Å²) in [6.07, 6.45) is 0.853. The molecule has 5 nitrogen and oxygen atoms in total. The van der Waals surface area contributed by atoms with Crippen molar-refractivity contribution in [2.75, 3.05) is 13.1 Å². The lowest BCUT2D eigenvalue weighted by Crippen LogP contribution is -2.37. The van der Waals surface area contributed by atoms with Gasteiger partial charge in [-0.2, -0.15) is 0 Å². The zero-order chi connectivity index (χ0) is 13.5. The molecule has 0 radical (unpaired) electrons. The van der Waals surface area contributed by atoms with E-state index >= 15 is 0 Å². The molecule has 5 heteroatoms. The van der Waals surface area contributed by atoms with E-state index in [1.807, 2.05) is 6.92 Å². The Bertz CT molecular complexity index is 444. The third kappa shape index (κ3) is 4.08. The number of phenolic OH excluding ortho intramolecular Hbond substituents is 1. The number of amides is 2. The first-order valence-corrected chi connectivity index (χ1v) is 5.89. The maximum Gasteiger partial charge on any atom is 0.251 e. The molecule has 0 aliphatic carbocycles. The number of aromatic hydroxyl groups is 1. The van der Waals surface area contributed by atoms with Gasteiger partial charge >= 0.3 is 0 Å². The van der Waals surface area contributed by atoms with E-state index in [4.69, 9.17) is 0 Å². The predicted octanol–water partition coefficient (Wildman–Crippen LogP) is 0.957. The molecule has 3 N–H and O–H groups in total. The summed E-state index contributed by atoms with van der Waals surface area (Å²) in [4.78, 5) is 23.0. The summed E-state index contributed by atoms with van der Waals surface area (Å²) in [6, 6.07) is 4.64. The molecule has 0 fully saturated rings. The van der Waals surface area contributed by atoms with Crippen LogP contribution < -0.4 is 10.6 Å². The fraction of sp³-hybridized carbons (Fsp3) is 0.385. The van der Waals surface area contributed by atoms with E-state index in [0.717, 1.165) is 6.42 Å². The summed E-state index contributed by atoms with van der Waals surface area (Å²) >= 11 is 0. The summed E-state index contributed by atoms with van der Waals surface area (Å²) in [5.41, 5.74) is 1.04. The van der Waals surface area contributed by atoms with E-state index < -0.39 is 0 Å². The summed E-state index contributed by atoms with van der Waals surface area (Å²) in [6.45, 7) is 4.23. The first kappa shape index (κ1) is 14.0. The number of benzene rings is 1. The molecular formula is C13H18N2O3. The first-order chi connectivity index (χ1) is 8.54. The quantitative estimate of drug-likeness (QED) is 0.728. The Morgan fingerprint density at radius 3 is 2.61 bits per heavy atom. The highest BCUT2D eigenvalue weighted by Crippen LogP contribution is 2.17. The van der Waals surface area contributed by atoms with E-state index in [1.165, 1.54) is 6.07 Å². The number of carbonyl (C=O) groups excluding carboxylic acids is 2. The lowest BCUT2D eigenvalue weighted by Gasteiger charge is -2.07. The summed E-state index contributed by atoms with van der Waals surface area (Å²) in [7, 11) is 0. The van der Waals surface area contributed by atoms with E-state index in [-0.39, 0.29) is 24.1 Å². The molecule has 1 aromatic rings. The molecule has 0 aliphatic rings. The fourth-order valence-electron chi connectivity index (χ4n) is 1.34. The monoisotopic (exact) mass is 250 g/mol. The smallest absolute Gasteiger partial charge is 0.251 e. The van der Waals surface area contributed by atoms with E-state index in [9.17, 15) is 14.7 Å². The molecule has 98 valence electrons. The van der Waals surface area contributed by atoms with Crippen molar-refractivity contribution in [3.63, 3.8) is 0 Å². The number of carbonyl (C=O) groups is 2. The molecule has 1 aromatic carbocycles. The minimum absolute atomic E-state index is 0.0620. The Hall–Kier alpha value is -2.04. The first-order valence-electron chi connectivity index (χ1n) is 5.89. The highest BCUT2D eigenvalue weighted by Gasteiger charge is 2.09. The Morgan fingerprint density at radius 2 is 2.00 bits per heavy atom. The van der Waals surface area contributed by atoms with Crippen molar-refractivity contribution < 1.29 is 14.7 Å². The lowest BCUT2D eigenvalue weighted by atomic mass is 10.1. The van der Waals surface area contributed by atoms with Gasteiger partial charge in [0.25, 0.3) is 5.91 Å². The molecule has 0 bridgehead atoms. The third-order valence-corrected chi connectivity index (χ3v) is 2.45. The van der Waals surface area contributed by atoms with Crippen LogP contribution >= 0.6 is 0 Å². The number of nitrogens with one attached hydrogen (secondary N) is 2. The molecule has 0 heterocycles. The van der Waals surface area contributed by atoms with Crippen LogP contribution in [0.1, 0.15) is 29.3 Å². The van der Waals surface area contributed by atoms with E-state index in [0.29, 0.717) is 17.7 Å². The summed E-state index contributed by atoms with van der Waals surface area (Å²) < 4.78 is 0. The molecule has 18 heavy (non-hydrogen) atoms. The second-order valence-electron chi connectivity index (χ2n) is 4.03. The van der Waals surface area contributed by atoms with Gasteiger partial charge in [0.05, 0.1) is 6.54 Å². The Kier molecular flexibility index (Phi) is 5.17. The maximum atomic E-state index is 11.7. The molecule has 0 unspecified atom stereocenters. The van der Waals surface area contributed by atoms with Crippen LogP contribution in [-0.4, -0.2) is 30.0 Å². The number of rotatable bonds is 5. The predicted molar refractivity (Wildman–Crippen MR) is 68.5 cm³/mol. The zero-order valence-corrected chi connectivity index (χ0v) is 10.6. The normalized spacial score (nSPS) is 9.89. The molecule has 0 aliphatic heterocycles. The Labute approximate surface area is 106 Å². The molecule has 0 saturated heterocycles. The third-order valence-electron chi connectivity index (χ3n) is 2.45. The number of phenols is 1. The van der Waals surface area contributed by atoms with Crippen molar-refractivity contribution in [3.05, 3.63) is 29.3 Å². The van der Waals surface area contributed by atoms with Gasteiger partial charge in [0.1, 0.15) is 5.75 Å². The molecule has 0 saturated carbocycles. The topological polar surface area (TPSA) is 78.4 Å². The van der Waals surface area contributed by atoms with Crippen LogP contribution in [0.3, 0.4) is 0 Å². The molecule has 0 aromatic heterocycles. The van der Waals surface area contributed by atoms with Crippen LogP contribution in [0, 0.1) is 6.92 Å². The van der Waals surface area contributed by atoms with Crippen LogP contribution in [0.15, 0.2) is 18.2 Å². The molecular weight excluding hydrogens is 232 g/mol. The van der Waals surface area contributed by atoms with Gasteiger partial charge in [-0.05, 0) is 31.0 Å². The van der Waals surface area contributed by atoms with Crippen molar-refractivity contribution in [2.45, 2.75) is 20.3 Å². The van der Waals surface area contributed by atoms with Gasteiger partial charge in [-0.3, -0.25) is 9.59 Å². The largest absolute Gasteiger partial charge is 0.508 e. The van der Waals surface area contributed by atoms with Gasteiger partial charge in [-0.15, -0.1) is 0 Å². The summed E-state index contributed by atoms with van der Waals surface area (Å²) in [5, 5.41) is 14.6. The highest BCUT2D eigenvalue weighted by atomic mass is 16.3. The van der Waals surface area contributed by atoms with Crippen LogP contribution in [-0.2, 0) is 4.79 Å². The second kappa shape index (κ2) is 6.64. The Morgan fingerprint density at radius 1 is 1.28 bits per heavy atom. The van der Waals surface area contributed by atoms with Gasteiger partial charge in [0.2, 0.25) is 5.91 Å². The van der Waals surface area contributed by atoms with Crippen LogP contribution in [0.25, 0.3) is 0 Å². The number of hydrogen-bond acceptors (Lipinski definition) is 3. The maximum absolute atomic E-state index is 11.7. The van der Waals surface area contributed by atoms with E-state index in [2.05, 4.69) is 10.6 Å². The zero-order valence-electron chi connectivity index (χ0n) is 10.6. The molecule has 0 atom stereocenters. The SMILES string of the molecule is CCCNC(=O)CNC(=O)c1ccc(C)c(O)c1. The fourth-order valence-corrected chi connectivity index (χ4v) is 1.34. The summed E-state index contributed by atoms with van der Waals surface area (Å²) in [5.74, 6) is -0.531. The molecule has 1 rings (SSSR count). The van der Waals surface area contributed by atoms with Gasteiger partial charge in [-0.25, -0.2) is 0 Å². The average Bonchev–Trinajstić information content (AvgIpc) is 2.36. The van der Waals surface area contributed by atoms with Gasteiger partial charge in [-0.1, -0.05) is 13.0 Å². The van der Waals surface area contributed by atoms with Gasteiger partial charge in [0.15, 0.2) is 0 Å². The lowest BCUT2D eigenvalue weighted by molar-refractivity contribution is -0.120. The van der Waals surface area contributed by atoms with Crippen LogP contribution in [0.4, 0.5) is 0 Å². The second-order valence-corrected chi connectivity index (χ2v) is 4.03. The number of aryl methyl sites for hydroxylation is 1. The number of hydrogen-bond donors (Lipinski definition) is 3. The van der Waals surface area contributed by atoms with Gasteiger partial charge in [0, 0.05) is 12.1 Å². The highest BCUT2D eigenvalue weighted by molar-refractivity contribution is 5.96. The van der Waals surface area contributed by atoms with Crippen molar-refractivity contribution in [2.24, 2.45) is 0 Å². The Balaban J connectivity index is 2.50. The minimum Gasteiger partial charge on any atom is -0.508 e. The van der Waals surface area contributed by atoms with Crippen molar-refractivity contribution in [3.8, 4) is 5.75 Å². The molecule has 0 spiro atoms. The van der Waals surface area contributed by atoms with Crippen molar-refractivity contribution >= 4 is 11.8 Å². The van der Waals surface area contributed by atoms with Crippen molar-refractivity contribution in [1.29, 1.82) is 0 Å². The van der Waals surface area contributed by atoms with E-state index in [1.54, 1.807) is 19.1 Å². The van der Waals surface area contributed by atoms with Crippen LogP contribution in [0.5, 0.6) is 5.75 Å². The van der Waals surface area contributed by atoms with Gasteiger partial charge < -0.3 is 15.7 Å². The van der Waals surface area contributed by atoms with Crippen LogP contribution in [0.2, 0.25) is 0 Å². The molecule has 2 amide bonds. The minimum atomic E-state index is -0.378. The average molecular weight is 250 g/mol. The standard InChI is InChI=1S/C13H18N2O3/c1-3-6-14-12(17)8-15-13(18)10-5-4-9(2)11(16)7-10/h4-5,7,16H,3,6,8H2,1-2H3,(H,14,17)(H,15,18). The van der Waals surface area contributed by atoms with Crippen molar-refractivity contribution in [1.82, 2.24) is 10.6 Å².